The molecule has 0 saturated heterocycles. The van der Waals surface area contributed by atoms with Crippen molar-refractivity contribution in [3.8, 4) is 0 Å². The van der Waals surface area contributed by atoms with Gasteiger partial charge < -0.3 is 15.2 Å². The second-order valence-corrected chi connectivity index (χ2v) is 6.01. The van der Waals surface area contributed by atoms with Crippen molar-refractivity contribution in [2.24, 2.45) is 11.8 Å². The number of hydrogen-bond donors (Lipinski definition) is 1. The topological polar surface area (TPSA) is 69.2 Å². The highest BCUT2D eigenvalue weighted by Gasteiger charge is 2.32. The van der Waals surface area contributed by atoms with Gasteiger partial charge in [-0.25, -0.2) is 0 Å². The first-order valence-electron chi connectivity index (χ1n) is 7.69. The zero-order chi connectivity index (χ0) is 13.7. The molecule has 2 aliphatic carbocycles. The van der Waals surface area contributed by atoms with Crippen molar-refractivity contribution in [3.63, 3.8) is 0 Å². The van der Waals surface area contributed by atoms with Gasteiger partial charge in [0.2, 0.25) is 5.91 Å². The molecule has 0 aliphatic heterocycles. The Kier molecular flexibility index (Phi) is 5.23. The van der Waals surface area contributed by atoms with E-state index in [2.05, 4.69) is 5.32 Å². The molecule has 108 valence electrons. The average molecular weight is 266 g/mol. The Balaban J connectivity index is 1.91. The number of rotatable bonds is 3. The first-order chi connectivity index (χ1) is 9.18. The fraction of sp³-hybridized carbons (Fsp3) is 0.867. The Bertz CT molecular complexity index is 321. The number of aliphatic carboxylic acids is 1. The molecule has 0 radical (unpaired) electrons. The molecular formula is C15H24NO3-. The van der Waals surface area contributed by atoms with E-state index in [1.54, 1.807) is 0 Å². The van der Waals surface area contributed by atoms with Crippen LogP contribution < -0.4 is 10.4 Å². The lowest BCUT2D eigenvalue weighted by Crippen LogP contribution is -2.47. The van der Waals surface area contributed by atoms with Gasteiger partial charge in [-0.05, 0) is 25.7 Å². The van der Waals surface area contributed by atoms with Crippen LogP contribution in [0.25, 0.3) is 0 Å². The maximum Gasteiger partial charge on any atom is 0.223 e. The van der Waals surface area contributed by atoms with E-state index in [1.807, 2.05) is 0 Å². The number of carbonyl (C=O) groups is 2. The van der Waals surface area contributed by atoms with Gasteiger partial charge in [-0.3, -0.25) is 4.79 Å². The van der Waals surface area contributed by atoms with E-state index in [0.717, 1.165) is 25.7 Å². The van der Waals surface area contributed by atoms with E-state index < -0.39 is 11.9 Å². The third-order valence-corrected chi connectivity index (χ3v) is 4.61. The third kappa shape index (κ3) is 3.95. The molecule has 0 heterocycles. The molecule has 4 heteroatoms. The maximum absolute atomic E-state index is 12.3. The summed E-state index contributed by atoms with van der Waals surface area (Å²) in [5.74, 6) is -2.07. The molecule has 0 aromatic rings. The van der Waals surface area contributed by atoms with Crippen molar-refractivity contribution in [2.45, 2.75) is 70.3 Å². The summed E-state index contributed by atoms with van der Waals surface area (Å²) >= 11 is 0. The summed E-state index contributed by atoms with van der Waals surface area (Å²) in [5.41, 5.74) is 0. The first kappa shape index (κ1) is 14.4. The molecule has 4 nitrogen and oxygen atoms in total. The summed E-state index contributed by atoms with van der Waals surface area (Å²) in [4.78, 5) is 23.4. The summed E-state index contributed by atoms with van der Waals surface area (Å²) in [7, 11) is 0. The highest BCUT2D eigenvalue weighted by Crippen LogP contribution is 2.30. The summed E-state index contributed by atoms with van der Waals surface area (Å²) in [6.07, 6.45) is 10.0. The molecule has 2 atom stereocenters. The SMILES string of the molecule is O=C(NC1CCCCCC1)[C@H]1CCCC[C@H]1C(=O)[O-]. The summed E-state index contributed by atoms with van der Waals surface area (Å²) in [6.45, 7) is 0. The van der Waals surface area contributed by atoms with Gasteiger partial charge in [0.1, 0.15) is 0 Å². The molecule has 0 aromatic heterocycles. The van der Waals surface area contributed by atoms with Gasteiger partial charge in [0.05, 0.1) is 0 Å². The van der Waals surface area contributed by atoms with E-state index in [4.69, 9.17) is 0 Å². The van der Waals surface area contributed by atoms with Crippen molar-refractivity contribution < 1.29 is 14.7 Å². The van der Waals surface area contributed by atoms with E-state index >= 15 is 0 Å². The maximum atomic E-state index is 12.3. The van der Waals surface area contributed by atoms with Crippen LogP contribution in [0.2, 0.25) is 0 Å². The Morgan fingerprint density at radius 1 is 0.789 bits per heavy atom. The van der Waals surface area contributed by atoms with Crippen LogP contribution in [0, 0.1) is 11.8 Å². The van der Waals surface area contributed by atoms with Crippen LogP contribution in [0.5, 0.6) is 0 Å². The number of nitrogens with one attached hydrogen (secondary N) is 1. The summed E-state index contributed by atoms with van der Waals surface area (Å²) < 4.78 is 0. The average Bonchev–Trinajstić information content (AvgIpc) is 2.67. The minimum Gasteiger partial charge on any atom is -0.550 e. The van der Waals surface area contributed by atoms with Crippen molar-refractivity contribution in [1.82, 2.24) is 5.32 Å². The molecule has 2 saturated carbocycles. The van der Waals surface area contributed by atoms with Crippen LogP contribution in [0.1, 0.15) is 64.2 Å². The number of carboxylic acids is 1. The number of amides is 1. The minimum atomic E-state index is -1.05. The van der Waals surface area contributed by atoms with Gasteiger partial charge in [0.25, 0.3) is 0 Å². The quantitative estimate of drug-likeness (QED) is 0.785. The van der Waals surface area contributed by atoms with Crippen LogP contribution >= 0.6 is 0 Å². The second-order valence-electron chi connectivity index (χ2n) is 6.01. The predicted molar refractivity (Wildman–Crippen MR) is 70.1 cm³/mol. The van der Waals surface area contributed by atoms with Gasteiger partial charge in [-0.15, -0.1) is 0 Å². The molecule has 19 heavy (non-hydrogen) atoms. The molecule has 1 amide bonds. The lowest BCUT2D eigenvalue weighted by molar-refractivity contribution is -0.314. The number of hydrogen-bond acceptors (Lipinski definition) is 3. The highest BCUT2D eigenvalue weighted by molar-refractivity contribution is 5.84. The zero-order valence-corrected chi connectivity index (χ0v) is 11.5. The fourth-order valence-corrected chi connectivity index (χ4v) is 3.46. The second kappa shape index (κ2) is 6.92. The predicted octanol–water partition coefficient (Wildman–Crippen LogP) is 1.38. The van der Waals surface area contributed by atoms with Crippen LogP contribution in [-0.2, 0) is 9.59 Å². The Hall–Kier alpha value is -1.06. The minimum absolute atomic E-state index is 0.0548. The molecule has 2 rings (SSSR count). The lowest BCUT2D eigenvalue weighted by atomic mass is 9.78. The number of carboxylic acid groups (broad SMARTS) is 1. The van der Waals surface area contributed by atoms with Gasteiger partial charge >= 0.3 is 0 Å². The lowest BCUT2D eigenvalue weighted by Gasteiger charge is -2.32. The van der Waals surface area contributed by atoms with Crippen LogP contribution in [0.4, 0.5) is 0 Å². The number of carbonyl (C=O) groups excluding carboxylic acids is 2. The van der Waals surface area contributed by atoms with Crippen molar-refractivity contribution in [2.75, 3.05) is 0 Å². The molecule has 2 aliphatic rings. The van der Waals surface area contributed by atoms with E-state index in [9.17, 15) is 14.7 Å². The Morgan fingerprint density at radius 2 is 1.32 bits per heavy atom. The monoisotopic (exact) mass is 266 g/mol. The molecule has 0 bridgehead atoms. The summed E-state index contributed by atoms with van der Waals surface area (Å²) in [6, 6.07) is 0.249. The zero-order valence-electron chi connectivity index (χ0n) is 11.5. The summed E-state index contributed by atoms with van der Waals surface area (Å²) in [5, 5.41) is 14.2. The molecule has 1 N–H and O–H groups in total. The molecule has 2 fully saturated rings. The largest absolute Gasteiger partial charge is 0.550 e. The van der Waals surface area contributed by atoms with Crippen molar-refractivity contribution >= 4 is 11.9 Å². The molecule has 0 unspecified atom stereocenters. The fourth-order valence-electron chi connectivity index (χ4n) is 3.46. The molecule has 0 spiro atoms. The highest BCUT2D eigenvalue weighted by atomic mass is 16.4. The van der Waals surface area contributed by atoms with Crippen LogP contribution in [0.3, 0.4) is 0 Å². The van der Waals surface area contributed by atoms with Crippen molar-refractivity contribution in [3.05, 3.63) is 0 Å². The molecule has 0 aromatic carbocycles. The smallest absolute Gasteiger partial charge is 0.223 e. The molecular weight excluding hydrogens is 242 g/mol. The van der Waals surface area contributed by atoms with Gasteiger partial charge in [-0.2, -0.15) is 0 Å². The normalized spacial score (nSPS) is 29.5. The van der Waals surface area contributed by atoms with E-state index in [0.29, 0.717) is 12.8 Å². The Morgan fingerprint density at radius 3 is 1.89 bits per heavy atom. The van der Waals surface area contributed by atoms with Crippen molar-refractivity contribution in [1.29, 1.82) is 0 Å². The van der Waals surface area contributed by atoms with Crippen LogP contribution in [0.15, 0.2) is 0 Å². The van der Waals surface area contributed by atoms with Crippen LogP contribution in [-0.4, -0.2) is 17.9 Å². The third-order valence-electron chi connectivity index (χ3n) is 4.61. The standard InChI is InChI=1S/C15H25NO3/c17-14(16-11-7-3-1-2-4-8-11)12-9-5-6-10-13(12)15(18)19/h11-13H,1-10H2,(H,16,17)(H,18,19)/p-1/t12-,13+/m0/s1. The van der Waals surface area contributed by atoms with E-state index in [-0.39, 0.29) is 17.9 Å². The first-order valence-corrected chi connectivity index (χ1v) is 7.69. The van der Waals surface area contributed by atoms with Gasteiger partial charge in [0, 0.05) is 23.8 Å². The van der Waals surface area contributed by atoms with Gasteiger partial charge in [0.15, 0.2) is 0 Å². The van der Waals surface area contributed by atoms with Gasteiger partial charge in [-0.1, -0.05) is 38.5 Å². The Labute approximate surface area is 115 Å². The van der Waals surface area contributed by atoms with E-state index in [1.165, 1.54) is 25.7 Å².